The zero-order valence-electron chi connectivity index (χ0n) is 16.0. The van der Waals surface area contributed by atoms with Crippen molar-refractivity contribution in [1.82, 2.24) is 0 Å². The minimum atomic E-state index is -0.746. The van der Waals surface area contributed by atoms with E-state index in [1.54, 1.807) is 39.0 Å². The Kier molecular flexibility index (Phi) is 7.27. The summed E-state index contributed by atoms with van der Waals surface area (Å²) in [6.45, 7) is 5.08. The molecule has 0 saturated heterocycles. The fourth-order valence-corrected chi connectivity index (χ4v) is 2.73. The highest BCUT2D eigenvalue weighted by Crippen LogP contribution is 2.34. The molecule has 0 bridgehead atoms. The fraction of sp³-hybridized carbons (Fsp3) is 0.316. The number of nitroso groups, excluding NO2 is 1. The van der Waals surface area contributed by atoms with Gasteiger partial charge in [0.15, 0.2) is 5.75 Å². The molecule has 0 spiro atoms. The van der Waals surface area contributed by atoms with E-state index >= 15 is 0 Å². The predicted molar refractivity (Wildman–Crippen MR) is 109 cm³/mol. The zero-order valence-corrected chi connectivity index (χ0v) is 17.6. The first-order valence-corrected chi connectivity index (χ1v) is 9.31. The van der Waals surface area contributed by atoms with Crippen LogP contribution in [0, 0.1) is 15.0 Å². The lowest BCUT2D eigenvalue weighted by molar-refractivity contribution is -0.385. The van der Waals surface area contributed by atoms with Crippen molar-refractivity contribution in [2.45, 2.75) is 26.4 Å². The molecule has 0 aliphatic heterocycles. The summed E-state index contributed by atoms with van der Waals surface area (Å²) in [5.41, 5.74) is -0.974. The summed E-state index contributed by atoms with van der Waals surface area (Å²) in [6.07, 6.45) is 0. The molecule has 0 heterocycles. The maximum absolute atomic E-state index is 12.3. The number of nitro benzene ring substituents is 1. The Hall–Kier alpha value is -3.01. The maximum atomic E-state index is 12.3. The molecule has 0 aliphatic rings. The van der Waals surface area contributed by atoms with Crippen LogP contribution in [0.1, 0.15) is 31.1 Å². The second-order valence-electron chi connectivity index (χ2n) is 6.81. The van der Waals surface area contributed by atoms with Crippen molar-refractivity contribution in [3.63, 3.8) is 0 Å². The highest BCUT2D eigenvalue weighted by molar-refractivity contribution is 9.10. The van der Waals surface area contributed by atoms with Gasteiger partial charge in [-0.15, -0.1) is 4.91 Å². The van der Waals surface area contributed by atoms with E-state index < -0.39 is 16.5 Å². The molecule has 0 atom stereocenters. The van der Waals surface area contributed by atoms with E-state index in [2.05, 4.69) is 21.1 Å². The van der Waals surface area contributed by atoms with Gasteiger partial charge in [0.1, 0.15) is 30.3 Å². The number of hydrogen-bond acceptors (Lipinski definition) is 8. The van der Waals surface area contributed by atoms with Crippen molar-refractivity contribution in [3.05, 3.63) is 61.5 Å². The number of carbonyl (C=O) groups is 1. The van der Waals surface area contributed by atoms with Crippen LogP contribution in [0.5, 0.6) is 11.5 Å². The van der Waals surface area contributed by atoms with Crippen LogP contribution >= 0.6 is 15.9 Å². The number of rotatable bonds is 8. The zero-order chi connectivity index (χ0) is 21.6. The van der Waals surface area contributed by atoms with Crippen molar-refractivity contribution >= 4 is 33.3 Å². The Morgan fingerprint density at radius 2 is 1.76 bits per heavy atom. The molecule has 0 unspecified atom stereocenters. The van der Waals surface area contributed by atoms with Crippen molar-refractivity contribution in [2.75, 3.05) is 13.2 Å². The second-order valence-corrected chi connectivity index (χ2v) is 7.67. The average Bonchev–Trinajstić information content (AvgIpc) is 2.63. The molecule has 154 valence electrons. The van der Waals surface area contributed by atoms with Crippen molar-refractivity contribution in [2.24, 2.45) is 5.18 Å². The first kappa shape index (κ1) is 22.3. The van der Waals surface area contributed by atoms with E-state index in [4.69, 9.17) is 14.2 Å². The number of nitro groups is 1. The lowest BCUT2D eigenvalue weighted by Crippen LogP contribution is -2.24. The number of benzene rings is 2. The summed E-state index contributed by atoms with van der Waals surface area (Å²) in [7, 11) is 0. The molecule has 2 rings (SSSR count). The highest BCUT2D eigenvalue weighted by Gasteiger charge is 2.25. The highest BCUT2D eigenvalue weighted by atomic mass is 79.9. The minimum absolute atomic E-state index is 0.0150. The molecule has 0 saturated carbocycles. The number of nitrogens with zero attached hydrogens (tertiary/aromatic N) is 2. The standard InChI is InChI=1S/C19H19BrN2O7/c1-19(2,3)29-18(23)12-10-15(22(25)26)17(11-13(12)20)28-9-8-27-16-7-5-4-6-14(16)21-24/h4-7,10-11H,8-9H2,1-3H3. The average molecular weight is 467 g/mol. The van der Waals surface area contributed by atoms with E-state index in [1.165, 1.54) is 12.1 Å². The Labute approximate surface area is 175 Å². The van der Waals surface area contributed by atoms with Crippen LogP contribution in [-0.2, 0) is 4.74 Å². The molecular formula is C19H19BrN2O7. The molecule has 0 aliphatic carbocycles. The quantitative estimate of drug-likeness (QED) is 0.173. The second kappa shape index (κ2) is 9.46. The van der Waals surface area contributed by atoms with Crippen LogP contribution in [0.15, 0.2) is 46.0 Å². The smallest absolute Gasteiger partial charge is 0.340 e. The Morgan fingerprint density at radius 1 is 1.14 bits per heavy atom. The topological polar surface area (TPSA) is 117 Å². The molecule has 2 aromatic carbocycles. The van der Waals surface area contributed by atoms with Crippen LogP contribution < -0.4 is 9.47 Å². The third kappa shape index (κ3) is 6.24. The van der Waals surface area contributed by atoms with Gasteiger partial charge in [-0.3, -0.25) is 10.1 Å². The van der Waals surface area contributed by atoms with Gasteiger partial charge in [0, 0.05) is 16.6 Å². The molecule has 0 radical (unpaired) electrons. The van der Waals surface area contributed by atoms with Gasteiger partial charge in [0.05, 0.1) is 10.5 Å². The summed E-state index contributed by atoms with van der Waals surface area (Å²) in [4.78, 5) is 33.8. The molecule has 0 fully saturated rings. The summed E-state index contributed by atoms with van der Waals surface area (Å²) >= 11 is 3.22. The normalized spacial score (nSPS) is 10.9. The van der Waals surface area contributed by atoms with E-state index in [0.29, 0.717) is 4.47 Å². The van der Waals surface area contributed by atoms with Crippen molar-refractivity contribution in [1.29, 1.82) is 0 Å². The molecular weight excluding hydrogens is 448 g/mol. The molecule has 29 heavy (non-hydrogen) atoms. The van der Waals surface area contributed by atoms with Gasteiger partial charge in [0.25, 0.3) is 0 Å². The SMILES string of the molecule is CC(C)(C)OC(=O)c1cc([N+](=O)[O-])c(OCCOc2ccccc2N=O)cc1Br. The minimum Gasteiger partial charge on any atom is -0.488 e. The Bertz CT molecular complexity index is 925. The van der Waals surface area contributed by atoms with E-state index in [-0.39, 0.29) is 41.7 Å². The van der Waals surface area contributed by atoms with E-state index in [9.17, 15) is 19.8 Å². The lowest BCUT2D eigenvalue weighted by Gasteiger charge is -2.20. The van der Waals surface area contributed by atoms with Crippen LogP contribution in [-0.4, -0.2) is 29.7 Å². The van der Waals surface area contributed by atoms with Crippen LogP contribution in [0.25, 0.3) is 0 Å². The third-order valence-corrected chi connectivity index (χ3v) is 4.08. The number of ether oxygens (including phenoxy) is 3. The molecule has 0 aromatic heterocycles. The van der Waals surface area contributed by atoms with Gasteiger partial charge in [-0.05, 0) is 54.0 Å². The van der Waals surface area contributed by atoms with Crippen LogP contribution in [0.4, 0.5) is 11.4 Å². The third-order valence-electron chi connectivity index (χ3n) is 3.43. The summed E-state index contributed by atoms with van der Waals surface area (Å²) in [5, 5.41) is 14.3. The summed E-state index contributed by atoms with van der Waals surface area (Å²) in [5.74, 6) is -0.457. The van der Waals surface area contributed by atoms with Crippen LogP contribution in [0.3, 0.4) is 0 Å². The summed E-state index contributed by atoms with van der Waals surface area (Å²) in [6, 6.07) is 8.83. The summed E-state index contributed by atoms with van der Waals surface area (Å²) < 4.78 is 16.4. The molecule has 0 N–H and O–H groups in total. The van der Waals surface area contributed by atoms with E-state index in [0.717, 1.165) is 6.07 Å². The maximum Gasteiger partial charge on any atom is 0.340 e. The number of para-hydroxylation sites is 1. The number of esters is 1. The van der Waals surface area contributed by atoms with Crippen molar-refractivity contribution in [3.8, 4) is 11.5 Å². The predicted octanol–water partition coefficient (Wildman–Crippen LogP) is 5.17. The van der Waals surface area contributed by atoms with Crippen molar-refractivity contribution < 1.29 is 23.9 Å². The van der Waals surface area contributed by atoms with Gasteiger partial charge >= 0.3 is 11.7 Å². The molecule has 2 aromatic rings. The monoisotopic (exact) mass is 466 g/mol. The number of halogens is 1. The largest absolute Gasteiger partial charge is 0.488 e. The fourth-order valence-electron chi connectivity index (χ4n) is 2.25. The molecule has 10 heteroatoms. The van der Waals surface area contributed by atoms with Crippen LogP contribution in [0.2, 0.25) is 0 Å². The lowest BCUT2D eigenvalue weighted by atomic mass is 10.1. The van der Waals surface area contributed by atoms with E-state index in [1.807, 2.05) is 0 Å². The van der Waals surface area contributed by atoms with Gasteiger partial charge < -0.3 is 14.2 Å². The first-order valence-electron chi connectivity index (χ1n) is 8.51. The first-order chi connectivity index (χ1) is 13.6. The Balaban J connectivity index is 2.12. The number of hydrogen-bond donors (Lipinski definition) is 0. The van der Waals surface area contributed by atoms with Gasteiger partial charge in [-0.2, -0.15) is 0 Å². The number of carbonyl (C=O) groups excluding carboxylic acids is 1. The molecule has 0 amide bonds. The molecule has 9 nitrogen and oxygen atoms in total. The van der Waals surface area contributed by atoms with Gasteiger partial charge in [0.2, 0.25) is 0 Å². The van der Waals surface area contributed by atoms with Gasteiger partial charge in [-0.25, -0.2) is 4.79 Å². The van der Waals surface area contributed by atoms with Gasteiger partial charge in [-0.1, -0.05) is 12.1 Å². The Morgan fingerprint density at radius 3 is 2.34 bits per heavy atom.